The number of hydrogen-bond donors (Lipinski definition) is 1. The van der Waals surface area contributed by atoms with Gasteiger partial charge in [-0.15, -0.1) is 5.10 Å². The first-order valence-electron chi connectivity index (χ1n) is 5.11. The second kappa shape index (κ2) is 4.37. The van der Waals surface area contributed by atoms with Crippen molar-refractivity contribution in [2.45, 2.75) is 13.3 Å². The number of anilines is 1. The second-order valence-electron chi connectivity index (χ2n) is 3.68. The van der Waals surface area contributed by atoms with Crippen LogP contribution >= 0.6 is 0 Å². The molecule has 1 aromatic rings. The summed E-state index contributed by atoms with van der Waals surface area (Å²) in [7, 11) is 0. The van der Waals surface area contributed by atoms with Gasteiger partial charge in [0, 0.05) is 19.6 Å². The first-order valence-corrected chi connectivity index (χ1v) is 5.11. The standard InChI is InChI=1S/C10H16N4/c1-9-7-10(13-12-8-9)14-5-2-3-11-4-6-14/h7-8,11H,2-6H2,1H3. The molecule has 1 fully saturated rings. The zero-order chi connectivity index (χ0) is 9.80. The highest BCUT2D eigenvalue weighted by atomic mass is 15.3. The van der Waals surface area contributed by atoms with E-state index in [2.05, 4.69) is 26.5 Å². The molecule has 2 rings (SSSR count). The number of hydrogen-bond acceptors (Lipinski definition) is 4. The Balaban J connectivity index is 2.12. The molecule has 0 unspecified atom stereocenters. The van der Waals surface area contributed by atoms with Crippen LogP contribution in [0.25, 0.3) is 0 Å². The summed E-state index contributed by atoms with van der Waals surface area (Å²) in [6, 6.07) is 2.10. The molecular weight excluding hydrogens is 176 g/mol. The molecule has 0 spiro atoms. The molecule has 0 saturated carbocycles. The van der Waals surface area contributed by atoms with Gasteiger partial charge < -0.3 is 10.2 Å². The zero-order valence-electron chi connectivity index (χ0n) is 8.53. The smallest absolute Gasteiger partial charge is 0.151 e. The third-order valence-corrected chi connectivity index (χ3v) is 2.44. The number of nitrogens with one attached hydrogen (secondary N) is 1. The lowest BCUT2D eigenvalue weighted by molar-refractivity contribution is 0.724. The summed E-state index contributed by atoms with van der Waals surface area (Å²) >= 11 is 0. The minimum atomic E-state index is 1.01. The topological polar surface area (TPSA) is 41.1 Å². The lowest BCUT2D eigenvalue weighted by Crippen LogP contribution is -2.28. The normalized spacial score (nSPS) is 17.9. The average molecular weight is 192 g/mol. The Morgan fingerprint density at radius 3 is 3.14 bits per heavy atom. The quantitative estimate of drug-likeness (QED) is 0.707. The molecule has 14 heavy (non-hydrogen) atoms. The van der Waals surface area contributed by atoms with Gasteiger partial charge >= 0.3 is 0 Å². The zero-order valence-corrected chi connectivity index (χ0v) is 8.53. The Morgan fingerprint density at radius 2 is 2.29 bits per heavy atom. The molecule has 4 heteroatoms. The number of nitrogens with zero attached hydrogens (tertiary/aromatic N) is 3. The van der Waals surface area contributed by atoms with Gasteiger partial charge in [-0.3, -0.25) is 0 Å². The highest BCUT2D eigenvalue weighted by Crippen LogP contribution is 2.11. The van der Waals surface area contributed by atoms with Crippen LogP contribution in [0, 0.1) is 6.92 Å². The fourth-order valence-corrected chi connectivity index (χ4v) is 1.68. The molecule has 1 aliphatic rings. The first kappa shape index (κ1) is 9.40. The third kappa shape index (κ3) is 2.20. The fourth-order valence-electron chi connectivity index (χ4n) is 1.68. The van der Waals surface area contributed by atoms with E-state index in [1.807, 2.05) is 6.92 Å². The van der Waals surface area contributed by atoms with Gasteiger partial charge in [0.25, 0.3) is 0 Å². The molecular formula is C10H16N4. The van der Waals surface area contributed by atoms with Gasteiger partial charge in [-0.1, -0.05) is 0 Å². The summed E-state index contributed by atoms with van der Waals surface area (Å²) in [6.07, 6.45) is 2.97. The lowest BCUT2D eigenvalue weighted by Gasteiger charge is -2.20. The monoisotopic (exact) mass is 192 g/mol. The molecule has 1 N–H and O–H groups in total. The third-order valence-electron chi connectivity index (χ3n) is 2.44. The van der Waals surface area contributed by atoms with Gasteiger partial charge in [-0.05, 0) is 31.5 Å². The van der Waals surface area contributed by atoms with Crippen molar-refractivity contribution in [2.24, 2.45) is 0 Å². The van der Waals surface area contributed by atoms with Gasteiger partial charge in [-0.25, -0.2) is 0 Å². The molecule has 0 aromatic carbocycles. The Labute approximate surface area is 84.3 Å². The fraction of sp³-hybridized carbons (Fsp3) is 0.600. The van der Waals surface area contributed by atoms with Gasteiger partial charge in [0.05, 0.1) is 6.20 Å². The van der Waals surface area contributed by atoms with Crippen LogP contribution in [0.5, 0.6) is 0 Å². The maximum absolute atomic E-state index is 4.15. The summed E-state index contributed by atoms with van der Waals surface area (Å²) in [4.78, 5) is 2.29. The van der Waals surface area contributed by atoms with Crippen LogP contribution in [-0.2, 0) is 0 Å². The minimum absolute atomic E-state index is 1.01. The first-order chi connectivity index (χ1) is 6.86. The van der Waals surface area contributed by atoms with E-state index in [1.54, 1.807) is 6.20 Å². The molecule has 4 nitrogen and oxygen atoms in total. The van der Waals surface area contributed by atoms with Crippen LogP contribution < -0.4 is 10.2 Å². The summed E-state index contributed by atoms with van der Waals surface area (Å²) in [5.41, 5.74) is 1.17. The van der Waals surface area contributed by atoms with Crippen LogP contribution in [0.1, 0.15) is 12.0 Å². The Hall–Kier alpha value is -1.16. The minimum Gasteiger partial charge on any atom is -0.354 e. The van der Waals surface area contributed by atoms with Gasteiger partial charge in [0.1, 0.15) is 0 Å². The van der Waals surface area contributed by atoms with E-state index in [4.69, 9.17) is 0 Å². The van der Waals surface area contributed by atoms with E-state index in [9.17, 15) is 0 Å². The second-order valence-corrected chi connectivity index (χ2v) is 3.68. The van der Waals surface area contributed by atoms with Crippen molar-refractivity contribution in [2.75, 3.05) is 31.1 Å². The molecule has 0 bridgehead atoms. The Morgan fingerprint density at radius 1 is 1.36 bits per heavy atom. The number of aryl methyl sites for hydroxylation is 1. The van der Waals surface area contributed by atoms with Crippen LogP contribution in [0.3, 0.4) is 0 Å². The molecule has 0 radical (unpaired) electrons. The molecule has 1 saturated heterocycles. The predicted octanol–water partition coefficient (Wildman–Crippen LogP) is 0.585. The van der Waals surface area contributed by atoms with E-state index >= 15 is 0 Å². The van der Waals surface area contributed by atoms with Gasteiger partial charge in [-0.2, -0.15) is 5.10 Å². The van der Waals surface area contributed by atoms with Crippen molar-refractivity contribution in [3.05, 3.63) is 17.8 Å². The van der Waals surface area contributed by atoms with Crippen molar-refractivity contribution in [3.63, 3.8) is 0 Å². The van der Waals surface area contributed by atoms with Crippen LogP contribution in [0.4, 0.5) is 5.82 Å². The molecule has 0 aliphatic carbocycles. The van der Waals surface area contributed by atoms with Gasteiger partial charge in [0.15, 0.2) is 5.82 Å². The highest BCUT2D eigenvalue weighted by Gasteiger charge is 2.10. The van der Waals surface area contributed by atoms with Crippen molar-refractivity contribution < 1.29 is 0 Å². The Bertz CT molecular complexity index is 292. The van der Waals surface area contributed by atoms with E-state index in [1.165, 1.54) is 12.0 Å². The van der Waals surface area contributed by atoms with Crippen LogP contribution in [0.2, 0.25) is 0 Å². The maximum Gasteiger partial charge on any atom is 0.151 e. The number of aromatic nitrogens is 2. The highest BCUT2D eigenvalue weighted by molar-refractivity contribution is 5.39. The molecule has 76 valence electrons. The lowest BCUT2D eigenvalue weighted by atomic mass is 10.3. The van der Waals surface area contributed by atoms with E-state index in [-0.39, 0.29) is 0 Å². The maximum atomic E-state index is 4.15. The van der Waals surface area contributed by atoms with Crippen molar-refractivity contribution in [1.82, 2.24) is 15.5 Å². The summed E-state index contributed by atoms with van der Waals surface area (Å²) in [5, 5.41) is 11.5. The van der Waals surface area contributed by atoms with E-state index in [0.717, 1.165) is 32.0 Å². The predicted molar refractivity (Wildman–Crippen MR) is 56.5 cm³/mol. The molecule has 0 amide bonds. The molecule has 2 heterocycles. The van der Waals surface area contributed by atoms with Crippen molar-refractivity contribution in [3.8, 4) is 0 Å². The summed E-state index contributed by atoms with van der Waals surface area (Å²) in [5.74, 6) is 1.01. The molecule has 1 aromatic heterocycles. The van der Waals surface area contributed by atoms with Crippen molar-refractivity contribution >= 4 is 5.82 Å². The summed E-state index contributed by atoms with van der Waals surface area (Å²) in [6.45, 7) is 6.29. The SMILES string of the molecule is Cc1cnnc(N2CCCNCC2)c1. The van der Waals surface area contributed by atoms with Crippen molar-refractivity contribution in [1.29, 1.82) is 0 Å². The van der Waals surface area contributed by atoms with E-state index in [0.29, 0.717) is 0 Å². The number of rotatable bonds is 1. The molecule has 1 aliphatic heterocycles. The van der Waals surface area contributed by atoms with Gasteiger partial charge in [0.2, 0.25) is 0 Å². The van der Waals surface area contributed by atoms with Crippen LogP contribution in [-0.4, -0.2) is 36.4 Å². The summed E-state index contributed by atoms with van der Waals surface area (Å²) < 4.78 is 0. The average Bonchev–Trinajstić information content (AvgIpc) is 2.45. The largest absolute Gasteiger partial charge is 0.354 e. The Kier molecular flexibility index (Phi) is 2.93. The van der Waals surface area contributed by atoms with Crippen LogP contribution in [0.15, 0.2) is 12.3 Å². The molecule has 0 atom stereocenters. The van der Waals surface area contributed by atoms with E-state index < -0.39 is 0 Å².